The second kappa shape index (κ2) is 6.99. The lowest BCUT2D eigenvalue weighted by atomic mass is 10.0. The van der Waals surface area contributed by atoms with E-state index < -0.39 is 16.1 Å². The summed E-state index contributed by atoms with van der Waals surface area (Å²) in [6, 6.07) is -0.773. The van der Waals surface area contributed by atoms with Crippen molar-refractivity contribution in [3.8, 4) is 0 Å². The maximum atomic E-state index is 12.4. The Kier molecular flexibility index (Phi) is 5.85. The van der Waals surface area contributed by atoms with Crippen molar-refractivity contribution in [2.75, 3.05) is 13.3 Å². The molecule has 0 aromatic carbocycles. The zero-order chi connectivity index (χ0) is 16.2. The van der Waals surface area contributed by atoms with Gasteiger partial charge in [-0.05, 0) is 19.3 Å². The molecule has 1 unspecified atom stereocenters. The van der Waals surface area contributed by atoms with Crippen LogP contribution in [-0.4, -0.2) is 53.8 Å². The number of nitrogens with zero attached hydrogens (tertiary/aromatic N) is 3. The monoisotopic (exact) mass is 317 g/mol. The molecule has 0 bridgehead atoms. The highest BCUT2D eigenvalue weighted by Gasteiger charge is 2.26. The third-order valence-corrected chi connectivity index (χ3v) is 3.47. The summed E-state index contributed by atoms with van der Waals surface area (Å²) >= 11 is 0. The maximum Gasteiger partial charge on any atom is 0.240 e. The lowest BCUT2D eigenvalue weighted by molar-refractivity contribution is -0.132. The summed E-state index contributed by atoms with van der Waals surface area (Å²) in [7, 11) is -1.85. The van der Waals surface area contributed by atoms with E-state index >= 15 is 0 Å². The predicted octanol–water partition coefficient (Wildman–Crippen LogP) is 0.0354. The van der Waals surface area contributed by atoms with Gasteiger partial charge in [0.05, 0.1) is 12.8 Å². The molecule has 2 N–H and O–H groups in total. The number of aryl methyl sites for hydroxylation is 1. The first kappa shape index (κ1) is 17.6. The molecule has 0 saturated heterocycles. The van der Waals surface area contributed by atoms with Gasteiger partial charge in [0.2, 0.25) is 15.9 Å². The number of amides is 1. The van der Waals surface area contributed by atoms with Crippen molar-refractivity contribution in [3.63, 3.8) is 0 Å². The van der Waals surface area contributed by atoms with Gasteiger partial charge in [-0.25, -0.2) is 18.1 Å². The van der Waals surface area contributed by atoms with Crippen molar-refractivity contribution in [1.29, 1.82) is 0 Å². The Labute approximate surface area is 125 Å². The molecule has 9 heteroatoms. The van der Waals surface area contributed by atoms with Crippen LogP contribution in [0.2, 0.25) is 0 Å². The number of carbonyl (C=O) groups is 1. The quantitative estimate of drug-likeness (QED) is 0.738. The molecule has 0 aliphatic heterocycles. The summed E-state index contributed by atoms with van der Waals surface area (Å²) in [5.74, 6) is 1.05. The number of aromatic nitrogens is 3. The van der Waals surface area contributed by atoms with E-state index in [4.69, 9.17) is 0 Å². The molecule has 0 aliphatic carbocycles. The molecule has 21 heavy (non-hydrogen) atoms. The fourth-order valence-electron chi connectivity index (χ4n) is 1.94. The summed E-state index contributed by atoms with van der Waals surface area (Å²) < 4.78 is 25.2. The van der Waals surface area contributed by atoms with Crippen LogP contribution >= 0.6 is 0 Å². The van der Waals surface area contributed by atoms with Crippen LogP contribution in [-0.2, 0) is 21.4 Å². The molecule has 1 amide bonds. The van der Waals surface area contributed by atoms with E-state index in [0.29, 0.717) is 18.1 Å². The summed E-state index contributed by atoms with van der Waals surface area (Å²) in [5.41, 5.74) is 0. The molecule has 0 aliphatic rings. The number of likely N-dealkylation sites (N-methyl/N-ethyl adjacent to an activating group) is 1. The Morgan fingerprint density at radius 3 is 2.48 bits per heavy atom. The van der Waals surface area contributed by atoms with Crippen LogP contribution < -0.4 is 4.72 Å². The van der Waals surface area contributed by atoms with Crippen LogP contribution in [0.25, 0.3) is 0 Å². The number of H-pyrrole nitrogens is 1. The number of hydrogen-bond donors (Lipinski definition) is 2. The van der Waals surface area contributed by atoms with E-state index in [-0.39, 0.29) is 18.4 Å². The van der Waals surface area contributed by atoms with E-state index in [1.165, 1.54) is 4.90 Å². The minimum absolute atomic E-state index is 0.187. The molecule has 1 rings (SSSR count). The van der Waals surface area contributed by atoms with Crippen molar-refractivity contribution in [3.05, 3.63) is 11.6 Å². The second-order valence-electron chi connectivity index (χ2n) is 5.60. The van der Waals surface area contributed by atoms with Gasteiger partial charge in [-0.1, -0.05) is 13.8 Å². The first-order valence-electron chi connectivity index (χ1n) is 6.68. The Morgan fingerprint density at radius 2 is 2.05 bits per heavy atom. The highest BCUT2D eigenvalue weighted by Crippen LogP contribution is 2.09. The van der Waals surface area contributed by atoms with Crippen LogP contribution in [0.5, 0.6) is 0 Å². The minimum atomic E-state index is -3.45. The molecule has 1 atom stereocenters. The molecule has 8 nitrogen and oxygen atoms in total. The van der Waals surface area contributed by atoms with Gasteiger partial charge in [-0.2, -0.15) is 5.10 Å². The van der Waals surface area contributed by atoms with Crippen molar-refractivity contribution in [2.24, 2.45) is 5.92 Å². The van der Waals surface area contributed by atoms with Crippen LogP contribution in [0.3, 0.4) is 0 Å². The molecular weight excluding hydrogens is 294 g/mol. The summed E-state index contributed by atoms with van der Waals surface area (Å²) in [5, 5.41) is 6.67. The van der Waals surface area contributed by atoms with Gasteiger partial charge in [0, 0.05) is 7.05 Å². The van der Waals surface area contributed by atoms with E-state index in [9.17, 15) is 13.2 Å². The van der Waals surface area contributed by atoms with E-state index in [1.54, 1.807) is 14.0 Å². The van der Waals surface area contributed by atoms with E-state index in [1.807, 2.05) is 13.8 Å². The van der Waals surface area contributed by atoms with Gasteiger partial charge in [-0.15, -0.1) is 0 Å². The Hall–Kier alpha value is -1.48. The van der Waals surface area contributed by atoms with Crippen molar-refractivity contribution >= 4 is 15.9 Å². The van der Waals surface area contributed by atoms with Gasteiger partial charge in [0.25, 0.3) is 0 Å². The number of hydrogen-bond acceptors (Lipinski definition) is 5. The molecule has 1 aromatic heterocycles. The molecule has 1 heterocycles. The smallest absolute Gasteiger partial charge is 0.240 e. The molecular formula is C12H23N5O3S. The maximum absolute atomic E-state index is 12.4. The third-order valence-electron chi connectivity index (χ3n) is 2.76. The standard InChI is InChI=1S/C12H23N5O3S/c1-8(2)6-10(16-21(5,19)20)12(18)17(4)7-11-13-9(3)14-15-11/h8,10,16H,6-7H2,1-5H3,(H,13,14,15). The predicted molar refractivity (Wildman–Crippen MR) is 78.8 cm³/mol. The van der Waals surface area contributed by atoms with Crippen LogP contribution in [0.4, 0.5) is 0 Å². The van der Waals surface area contributed by atoms with Gasteiger partial charge < -0.3 is 4.90 Å². The van der Waals surface area contributed by atoms with E-state index in [2.05, 4.69) is 19.9 Å². The topological polar surface area (TPSA) is 108 Å². The molecule has 0 spiro atoms. The van der Waals surface area contributed by atoms with Crippen LogP contribution in [0.15, 0.2) is 0 Å². The summed E-state index contributed by atoms with van der Waals surface area (Å²) in [4.78, 5) is 18.0. The highest BCUT2D eigenvalue weighted by molar-refractivity contribution is 7.88. The van der Waals surface area contributed by atoms with Gasteiger partial charge in [0.1, 0.15) is 11.9 Å². The van der Waals surface area contributed by atoms with Crippen molar-refractivity contribution in [1.82, 2.24) is 24.8 Å². The van der Waals surface area contributed by atoms with Gasteiger partial charge in [0.15, 0.2) is 5.82 Å². The van der Waals surface area contributed by atoms with Gasteiger partial charge >= 0.3 is 0 Å². The average molecular weight is 317 g/mol. The molecule has 120 valence electrons. The molecule has 1 aromatic rings. The lowest BCUT2D eigenvalue weighted by Crippen LogP contribution is -2.47. The SMILES string of the molecule is Cc1nc(CN(C)C(=O)C(CC(C)C)NS(C)(=O)=O)n[nH]1. The fraction of sp³-hybridized carbons (Fsp3) is 0.750. The van der Waals surface area contributed by atoms with Crippen LogP contribution in [0.1, 0.15) is 31.9 Å². The average Bonchev–Trinajstić information content (AvgIpc) is 2.70. The van der Waals surface area contributed by atoms with Crippen LogP contribution in [0, 0.1) is 12.8 Å². The third kappa shape index (κ3) is 6.21. The fourth-order valence-corrected chi connectivity index (χ4v) is 2.66. The Morgan fingerprint density at radius 1 is 1.43 bits per heavy atom. The largest absolute Gasteiger partial charge is 0.337 e. The number of carbonyl (C=O) groups excluding carboxylic acids is 1. The lowest BCUT2D eigenvalue weighted by Gasteiger charge is -2.24. The zero-order valence-corrected chi connectivity index (χ0v) is 13.9. The van der Waals surface area contributed by atoms with Crippen molar-refractivity contribution < 1.29 is 13.2 Å². The number of nitrogens with one attached hydrogen (secondary N) is 2. The van der Waals surface area contributed by atoms with E-state index in [0.717, 1.165) is 6.26 Å². The summed E-state index contributed by atoms with van der Waals surface area (Å²) in [6.07, 6.45) is 1.48. The first-order chi connectivity index (χ1) is 9.58. The summed E-state index contributed by atoms with van der Waals surface area (Å²) in [6.45, 7) is 5.86. The first-order valence-corrected chi connectivity index (χ1v) is 8.57. The molecule has 0 radical (unpaired) electrons. The number of rotatable bonds is 7. The number of aromatic amines is 1. The Bertz CT molecular complexity index is 581. The highest BCUT2D eigenvalue weighted by atomic mass is 32.2. The minimum Gasteiger partial charge on any atom is -0.337 e. The molecule has 0 saturated carbocycles. The molecule has 0 fully saturated rings. The van der Waals surface area contributed by atoms with Gasteiger partial charge in [-0.3, -0.25) is 9.89 Å². The Balaban J connectivity index is 2.78. The number of sulfonamides is 1. The van der Waals surface area contributed by atoms with Crippen molar-refractivity contribution in [2.45, 2.75) is 39.8 Å². The second-order valence-corrected chi connectivity index (χ2v) is 7.38. The zero-order valence-electron chi connectivity index (χ0n) is 13.0. The normalized spacial score (nSPS) is 13.4.